The summed E-state index contributed by atoms with van der Waals surface area (Å²) in [6.07, 6.45) is 1.67. The van der Waals surface area contributed by atoms with Crippen LogP contribution in [-0.2, 0) is 6.61 Å². The molecule has 4 rings (SSSR count). The number of Topliss-reactive ketones (excluding diaryl/α,β-unsaturated/α-hetero) is 1. The fourth-order valence-electron chi connectivity index (χ4n) is 3.19. The van der Waals surface area contributed by atoms with Crippen LogP contribution in [-0.4, -0.2) is 23.8 Å². The number of rotatable bonds is 6. The molecule has 1 aromatic heterocycles. The van der Waals surface area contributed by atoms with Crippen molar-refractivity contribution in [2.24, 2.45) is 0 Å². The third kappa shape index (κ3) is 3.36. The number of alkyl halides is 1. The molecule has 0 saturated carbocycles. The monoisotopic (exact) mass is 379 g/mol. The second kappa shape index (κ2) is 7.33. The number of H-pyrrole nitrogens is 1. The number of aromatic amines is 1. The Bertz CT molecular complexity index is 1130. The van der Waals surface area contributed by atoms with Crippen molar-refractivity contribution in [3.8, 4) is 11.5 Å². The summed E-state index contributed by atoms with van der Waals surface area (Å²) in [5.74, 6) is 0.997. The summed E-state index contributed by atoms with van der Waals surface area (Å²) in [5, 5.41) is 3.13. The van der Waals surface area contributed by atoms with Gasteiger partial charge in [0.2, 0.25) is 0 Å². The second-order valence-electron chi connectivity index (χ2n) is 6.28. The lowest BCUT2D eigenvalue weighted by Crippen LogP contribution is -2.00. The molecule has 1 heterocycles. The van der Waals surface area contributed by atoms with Crippen molar-refractivity contribution < 1.29 is 14.3 Å². The Morgan fingerprint density at radius 3 is 2.63 bits per heavy atom. The molecule has 5 heteroatoms. The molecule has 0 aliphatic carbocycles. The Balaban J connectivity index is 1.65. The number of aromatic nitrogens is 1. The normalized spacial score (nSPS) is 11.0. The van der Waals surface area contributed by atoms with E-state index in [-0.39, 0.29) is 11.7 Å². The lowest BCUT2D eigenvalue weighted by atomic mass is 10.1. The minimum absolute atomic E-state index is 0.0632. The number of benzene rings is 3. The Labute approximate surface area is 161 Å². The third-order valence-electron chi connectivity index (χ3n) is 4.60. The number of carbonyl (C=O) groups is 1. The molecule has 0 atom stereocenters. The van der Waals surface area contributed by atoms with Gasteiger partial charge in [-0.05, 0) is 28.5 Å². The first kappa shape index (κ1) is 17.4. The van der Waals surface area contributed by atoms with Crippen LogP contribution in [0.25, 0.3) is 21.7 Å². The van der Waals surface area contributed by atoms with Crippen LogP contribution in [0.1, 0.15) is 15.9 Å². The van der Waals surface area contributed by atoms with Gasteiger partial charge in [-0.15, -0.1) is 11.6 Å². The van der Waals surface area contributed by atoms with Gasteiger partial charge in [0, 0.05) is 23.2 Å². The molecule has 3 aromatic carbocycles. The predicted molar refractivity (Wildman–Crippen MR) is 108 cm³/mol. The molecule has 0 spiro atoms. The van der Waals surface area contributed by atoms with E-state index in [0.717, 1.165) is 16.5 Å². The Kier molecular flexibility index (Phi) is 4.73. The summed E-state index contributed by atoms with van der Waals surface area (Å²) in [6.45, 7) is 0.399. The fraction of sp³-hybridized carbons (Fsp3) is 0.136. The highest BCUT2D eigenvalue weighted by Crippen LogP contribution is 2.34. The van der Waals surface area contributed by atoms with Crippen molar-refractivity contribution in [1.82, 2.24) is 4.98 Å². The zero-order valence-corrected chi connectivity index (χ0v) is 15.5. The van der Waals surface area contributed by atoms with Gasteiger partial charge >= 0.3 is 0 Å². The highest BCUT2D eigenvalue weighted by atomic mass is 35.5. The fourth-order valence-corrected chi connectivity index (χ4v) is 3.34. The largest absolute Gasteiger partial charge is 0.493 e. The maximum absolute atomic E-state index is 12.0. The van der Waals surface area contributed by atoms with Crippen LogP contribution in [0.2, 0.25) is 0 Å². The van der Waals surface area contributed by atoms with Gasteiger partial charge in [0.05, 0.1) is 18.5 Å². The number of nitrogens with one attached hydrogen (secondary N) is 1. The smallest absolute Gasteiger partial charge is 0.179 e. The van der Waals surface area contributed by atoms with Crippen LogP contribution in [0.3, 0.4) is 0 Å². The Morgan fingerprint density at radius 1 is 1.04 bits per heavy atom. The van der Waals surface area contributed by atoms with E-state index >= 15 is 0 Å². The Hall–Kier alpha value is -2.98. The van der Waals surface area contributed by atoms with Crippen molar-refractivity contribution in [2.75, 3.05) is 13.0 Å². The van der Waals surface area contributed by atoms with Crippen LogP contribution >= 0.6 is 11.6 Å². The van der Waals surface area contributed by atoms with Crippen molar-refractivity contribution in [2.45, 2.75) is 6.61 Å². The number of fused-ring (bicyclic) bond motifs is 2. The molecule has 0 amide bonds. The molecule has 0 unspecified atom stereocenters. The molecule has 4 nitrogen and oxygen atoms in total. The van der Waals surface area contributed by atoms with E-state index in [9.17, 15) is 4.79 Å². The van der Waals surface area contributed by atoms with E-state index in [2.05, 4.69) is 29.2 Å². The number of hydrogen-bond acceptors (Lipinski definition) is 3. The topological polar surface area (TPSA) is 51.3 Å². The van der Waals surface area contributed by atoms with Gasteiger partial charge in [0.25, 0.3) is 0 Å². The van der Waals surface area contributed by atoms with Crippen molar-refractivity contribution in [1.29, 1.82) is 0 Å². The molecule has 0 radical (unpaired) electrons. The molecule has 136 valence electrons. The van der Waals surface area contributed by atoms with E-state index in [4.69, 9.17) is 21.1 Å². The van der Waals surface area contributed by atoms with Gasteiger partial charge in [0.1, 0.15) is 6.61 Å². The van der Waals surface area contributed by atoms with Crippen LogP contribution in [0, 0.1) is 0 Å². The first-order valence-electron chi connectivity index (χ1n) is 8.58. The standard InChI is InChI=1S/C22H18ClNO3/c1-26-21-10-19-17(18(12-24-19)20(25)11-23)9-22(21)27-13-14-6-7-15-4-2-3-5-16(15)8-14/h2-10,12,24H,11,13H2,1H3. The highest BCUT2D eigenvalue weighted by molar-refractivity contribution is 6.32. The van der Waals surface area contributed by atoms with E-state index < -0.39 is 0 Å². The maximum atomic E-state index is 12.0. The maximum Gasteiger partial charge on any atom is 0.179 e. The molecule has 27 heavy (non-hydrogen) atoms. The molecule has 4 aromatic rings. The minimum atomic E-state index is -0.131. The summed E-state index contributed by atoms with van der Waals surface area (Å²) < 4.78 is 11.5. The second-order valence-corrected chi connectivity index (χ2v) is 6.55. The van der Waals surface area contributed by atoms with Crippen molar-refractivity contribution in [3.63, 3.8) is 0 Å². The van der Waals surface area contributed by atoms with Crippen LogP contribution in [0.4, 0.5) is 0 Å². The summed E-state index contributed by atoms with van der Waals surface area (Å²) >= 11 is 5.71. The van der Waals surface area contributed by atoms with Crippen LogP contribution in [0.15, 0.2) is 60.8 Å². The highest BCUT2D eigenvalue weighted by Gasteiger charge is 2.15. The number of ether oxygens (including phenoxy) is 2. The zero-order valence-electron chi connectivity index (χ0n) is 14.8. The molecule has 0 aliphatic rings. The molecular weight excluding hydrogens is 362 g/mol. The van der Waals surface area contributed by atoms with Crippen molar-refractivity contribution in [3.05, 3.63) is 71.9 Å². The first-order chi connectivity index (χ1) is 13.2. The number of carbonyl (C=O) groups excluding carboxylic acids is 1. The molecular formula is C22H18ClNO3. The van der Waals surface area contributed by atoms with Crippen LogP contribution < -0.4 is 9.47 Å². The van der Waals surface area contributed by atoms with Gasteiger partial charge < -0.3 is 14.5 Å². The SMILES string of the molecule is COc1cc2[nH]cc(C(=O)CCl)c2cc1OCc1ccc2ccccc2c1. The lowest BCUT2D eigenvalue weighted by molar-refractivity contribution is 0.102. The van der Waals surface area contributed by atoms with Crippen molar-refractivity contribution >= 4 is 39.1 Å². The summed E-state index contributed by atoms with van der Waals surface area (Å²) in [6, 6.07) is 18.1. The van der Waals surface area contributed by atoms with Gasteiger partial charge in [-0.3, -0.25) is 4.79 Å². The number of ketones is 1. The van der Waals surface area contributed by atoms with E-state index in [0.29, 0.717) is 23.7 Å². The number of halogens is 1. The van der Waals surface area contributed by atoms with Gasteiger partial charge in [-0.1, -0.05) is 36.4 Å². The number of methoxy groups -OCH3 is 1. The Morgan fingerprint density at radius 2 is 1.85 bits per heavy atom. The summed E-state index contributed by atoms with van der Waals surface area (Å²) in [5.41, 5.74) is 2.42. The average Bonchev–Trinajstić information content (AvgIpc) is 3.13. The molecule has 0 fully saturated rings. The molecule has 0 bridgehead atoms. The van der Waals surface area contributed by atoms with Crippen LogP contribution in [0.5, 0.6) is 11.5 Å². The van der Waals surface area contributed by atoms with Gasteiger partial charge in [0.15, 0.2) is 17.3 Å². The quantitative estimate of drug-likeness (QED) is 0.364. The zero-order chi connectivity index (χ0) is 18.8. The summed E-state index contributed by atoms with van der Waals surface area (Å²) in [4.78, 5) is 15.1. The first-order valence-corrected chi connectivity index (χ1v) is 9.12. The average molecular weight is 380 g/mol. The number of hydrogen-bond donors (Lipinski definition) is 1. The summed E-state index contributed by atoms with van der Waals surface area (Å²) in [7, 11) is 1.60. The molecule has 1 N–H and O–H groups in total. The van der Waals surface area contributed by atoms with E-state index in [1.54, 1.807) is 13.3 Å². The predicted octanol–water partition coefficient (Wildman–Crippen LogP) is 5.33. The molecule has 0 aliphatic heterocycles. The minimum Gasteiger partial charge on any atom is -0.493 e. The van der Waals surface area contributed by atoms with Gasteiger partial charge in [-0.25, -0.2) is 0 Å². The third-order valence-corrected chi connectivity index (χ3v) is 4.84. The lowest BCUT2D eigenvalue weighted by Gasteiger charge is -2.12. The van der Waals surface area contributed by atoms with E-state index in [1.807, 2.05) is 30.3 Å². The van der Waals surface area contributed by atoms with E-state index in [1.165, 1.54) is 10.8 Å². The molecule has 0 saturated heterocycles. The van der Waals surface area contributed by atoms with Gasteiger partial charge in [-0.2, -0.15) is 0 Å².